The van der Waals surface area contributed by atoms with Crippen LogP contribution >= 0.6 is 11.3 Å². The molecule has 5 rings (SSSR count). The van der Waals surface area contributed by atoms with Crippen molar-refractivity contribution in [1.29, 1.82) is 0 Å². The Bertz CT molecular complexity index is 1240. The molecule has 1 heterocycles. The van der Waals surface area contributed by atoms with Crippen LogP contribution in [0.5, 0.6) is 0 Å². The summed E-state index contributed by atoms with van der Waals surface area (Å²) in [6.07, 6.45) is 2.87. The number of aliphatic carboxylic acids is 1. The van der Waals surface area contributed by atoms with Crippen LogP contribution in [-0.4, -0.2) is 41.2 Å². The number of alkyl carbamates (subject to hydrolysis) is 1. The van der Waals surface area contributed by atoms with Gasteiger partial charge in [0.25, 0.3) is 5.91 Å². The lowest BCUT2D eigenvalue weighted by molar-refractivity contribution is -0.153. The Morgan fingerprint density at radius 3 is 2.29 bits per heavy atom. The van der Waals surface area contributed by atoms with Crippen LogP contribution in [-0.2, 0) is 16.1 Å². The van der Waals surface area contributed by atoms with E-state index in [0.717, 1.165) is 40.0 Å². The molecule has 1 saturated carbocycles. The minimum Gasteiger partial charge on any atom is -0.481 e. The standard InChI is InChI=1S/C26H25N3O5S/c30-23(29-15-26(24(31)32)10-5-11-26)21-12-27-22(35-21)13-28-25(33)34-14-20-18-8-3-1-6-16(18)17-7-2-4-9-19(17)20/h1-4,6-9,12,20H,5,10-11,13-15H2,(H,28,33)(H,29,30)(H,31,32). The lowest BCUT2D eigenvalue weighted by Gasteiger charge is -2.37. The molecule has 1 aromatic heterocycles. The van der Waals surface area contributed by atoms with Crippen molar-refractivity contribution >= 4 is 29.3 Å². The normalized spacial score (nSPS) is 15.4. The predicted molar refractivity (Wildman–Crippen MR) is 130 cm³/mol. The van der Waals surface area contributed by atoms with Crippen LogP contribution in [0.25, 0.3) is 11.1 Å². The first-order chi connectivity index (χ1) is 17.0. The summed E-state index contributed by atoms with van der Waals surface area (Å²) in [5.41, 5.74) is 3.76. The third-order valence-electron chi connectivity index (χ3n) is 6.86. The van der Waals surface area contributed by atoms with Gasteiger partial charge in [-0.15, -0.1) is 11.3 Å². The third kappa shape index (κ3) is 4.51. The maximum absolute atomic E-state index is 12.4. The number of carboxylic acids is 1. The number of rotatable bonds is 8. The van der Waals surface area contributed by atoms with Crippen molar-refractivity contribution in [2.24, 2.45) is 5.41 Å². The first kappa shape index (κ1) is 23.0. The molecule has 35 heavy (non-hydrogen) atoms. The first-order valence-electron chi connectivity index (χ1n) is 11.5. The average Bonchev–Trinajstić information content (AvgIpc) is 3.43. The number of hydrogen-bond donors (Lipinski definition) is 3. The van der Waals surface area contributed by atoms with E-state index in [1.54, 1.807) is 0 Å². The number of nitrogens with one attached hydrogen (secondary N) is 2. The average molecular weight is 492 g/mol. The van der Waals surface area contributed by atoms with Crippen molar-refractivity contribution in [2.75, 3.05) is 13.2 Å². The summed E-state index contributed by atoms with van der Waals surface area (Å²) in [6.45, 7) is 0.455. The van der Waals surface area contributed by atoms with Crippen LogP contribution < -0.4 is 10.6 Å². The molecule has 0 radical (unpaired) electrons. The molecule has 3 N–H and O–H groups in total. The minimum atomic E-state index is -0.874. The van der Waals surface area contributed by atoms with Crippen LogP contribution in [0.3, 0.4) is 0 Å². The summed E-state index contributed by atoms with van der Waals surface area (Å²) < 4.78 is 5.52. The van der Waals surface area contributed by atoms with Crippen LogP contribution in [0.4, 0.5) is 4.79 Å². The number of carbonyl (C=O) groups is 3. The van der Waals surface area contributed by atoms with Gasteiger partial charge < -0.3 is 20.5 Å². The molecule has 0 unspecified atom stereocenters. The van der Waals surface area contributed by atoms with E-state index in [2.05, 4.69) is 39.9 Å². The Hall–Kier alpha value is -3.72. The molecule has 9 heteroatoms. The van der Waals surface area contributed by atoms with Gasteiger partial charge >= 0.3 is 12.1 Å². The lowest BCUT2D eigenvalue weighted by Crippen LogP contribution is -2.47. The molecule has 3 aromatic rings. The van der Waals surface area contributed by atoms with Crippen molar-refractivity contribution in [2.45, 2.75) is 31.7 Å². The molecule has 0 aliphatic heterocycles. The molecular weight excluding hydrogens is 466 g/mol. The van der Waals surface area contributed by atoms with E-state index in [4.69, 9.17) is 4.74 Å². The number of benzene rings is 2. The topological polar surface area (TPSA) is 118 Å². The number of aromatic nitrogens is 1. The fraction of sp³-hybridized carbons (Fsp3) is 0.308. The molecule has 2 aromatic carbocycles. The van der Waals surface area contributed by atoms with Gasteiger partial charge in [0.2, 0.25) is 0 Å². The predicted octanol–water partition coefficient (Wildman–Crippen LogP) is 4.17. The van der Waals surface area contributed by atoms with Gasteiger partial charge in [-0.25, -0.2) is 9.78 Å². The van der Waals surface area contributed by atoms with Crippen LogP contribution in [0.1, 0.15) is 51.0 Å². The quantitative estimate of drug-likeness (QED) is 0.435. The second-order valence-electron chi connectivity index (χ2n) is 8.92. The molecule has 180 valence electrons. The molecule has 0 atom stereocenters. The smallest absolute Gasteiger partial charge is 0.407 e. The maximum atomic E-state index is 12.4. The number of carbonyl (C=O) groups excluding carboxylic acids is 2. The lowest BCUT2D eigenvalue weighted by atomic mass is 9.69. The van der Waals surface area contributed by atoms with Crippen molar-refractivity contribution < 1.29 is 24.2 Å². The van der Waals surface area contributed by atoms with Gasteiger partial charge in [-0.05, 0) is 35.1 Å². The Morgan fingerprint density at radius 2 is 1.69 bits per heavy atom. The zero-order valence-corrected chi connectivity index (χ0v) is 19.8. The van der Waals surface area contributed by atoms with Gasteiger partial charge in [-0.3, -0.25) is 9.59 Å². The highest BCUT2D eigenvalue weighted by atomic mass is 32.1. The number of carboxylic acid groups (broad SMARTS) is 1. The molecule has 2 amide bonds. The summed E-state index contributed by atoms with van der Waals surface area (Å²) in [5, 5.41) is 15.3. The summed E-state index contributed by atoms with van der Waals surface area (Å²) in [5.74, 6) is -1.25. The largest absolute Gasteiger partial charge is 0.481 e. The Morgan fingerprint density at radius 1 is 1.03 bits per heavy atom. The first-order valence-corrected chi connectivity index (χ1v) is 12.3. The molecule has 0 bridgehead atoms. The van der Waals surface area contributed by atoms with E-state index in [0.29, 0.717) is 22.7 Å². The SMILES string of the molecule is O=C(NCc1ncc(C(=O)NCC2(C(=O)O)CCC2)s1)OCC1c2ccccc2-c2ccccc21. The van der Waals surface area contributed by atoms with Gasteiger partial charge in [-0.2, -0.15) is 0 Å². The van der Waals surface area contributed by atoms with Crippen molar-refractivity contribution in [3.8, 4) is 11.1 Å². The van der Waals surface area contributed by atoms with Gasteiger partial charge in [-0.1, -0.05) is 55.0 Å². The fourth-order valence-electron chi connectivity index (χ4n) is 4.70. The van der Waals surface area contributed by atoms with Crippen molar-refractivity contribution in [3.05, 3.63) is 75.7 Å². The Labute approximate surface area is 206 Å². The molecule has 1 fully saturated rings. The van der Waals surface area contributed by atoms with Crippen molar-refractivity contribution in [1.82, 2.24) is 15.6 Å². The van der Waals surface area contributed by atoms with Gasteiger partial charge in [0.05, 0.1) is 18.2 Å². The number of fused-ring (bicyclic) bond motifs is 3. The monoisotopic (exact) mass is 491 g/mol. The number of thiazole rings is 1. The Balaban J connectivity index is 1.12. The van der Waals surface area contributed by atoms with E-state index < -0.39 is 17.5 Å². The molecular formula is C26H25N3O5S. The van der Waals surface area contributed by atoms with E-state index in [-0.39, 0.29) is 31.5 Å². The van der Waals surface area contributed by atoms with E-state index in [1.165, 1.54) is 6.20 Å². The van der Waals surface area contributed by atoms with Gasteiger partial charge in [0, 0.05) is 12.5 Å². The highest BCUT2D eigenvalue weighted by molar-refractivity contribution is 7.13. The number of amides is 2. The van der Waals surface area contributed by atoms with Crippen LogP contribution in [0, 0.1) is 5.41 Å². The highest BCUT2D eigenvalue weighted by Crippen LogP contribution is 2.44. The maximum Gasteiger partial charge on any atom is 0.407 e. The van der Waals surface area contributed by atoms with E-state index >= 15 is 0 Å². The van der Waals surface area contributed by atoms with Crippen LogP contribution in [0.15, 0.2) is 54.7 Å². The summed E-state index contributed by atoms with van der Waals surface area (Å²) in [6, 6.07) is 16.3. The molecule has 0 spiro atoms. The van der Waals surface area contributed by atoms with Crippen molar-refractivity contribution in [3.63, 3.8) is 0 Å². The second-order valence-corrected chi connectivity index (χ2v) is 10.0. The van der Waals surface area contributed by atoms with E-state index in [1.807, 2.05) is 24.3 Å². The Kier molecular flexibility index (Phi) is 6.25. The molecule has 8 nitrogen and oxygen atoms in total. The number of hydrogen-bond acceptors (Lipinski definition) is 6. The highest BCUT2D eigenvalue weighted by Gasteiger charge is 2.44. The zero-order chi connectivity index (χ0) is 24.4. The zero-order valence-electron chi connectivity index (χ0n) is 19.0. The fourth-order valence-corrected chi connectivity index (χ4v) is 5.47. The minimum absolute atomic E-state index is 0.0203. The van der Waals surface area contributed by atoms with Gasteiger partial charge in [0.1, 0.15) is 16.5 Å². The van der Waals surface area contributed by atoms with Gasteiger partial charge in [0.15, 0.2) is 0 Å². The molecule has 0 saturated heterocycles. The molecule has 2 aliphatic rings. The number of ether oxygens (including phenoxy) is 1. The summed E-state index contributed by atoms with van der Waals surface area (Å²) in [4.78, 5) is 40.8. The summed E-state index contributed by atoms with van der Waals surface area (Å²) in [7, 11) is 0. The molecule has 2 aliphatic carbocycles. The third-order valence-corrected chi connectivity index (χ3v) is 7.85. The van der Waals surface area contributed by atoms with Crippen LogP contribution in [0.2, 0.25) is 0 Å². The summed E-state index contributed by atoms with van der Waals surface area (Å²) >= 11 is 1.15. The number of nitrogens with zero attached hydrogens (tertiary/aromatic N) is 1. The van der Waals surface area contributed by atoms with E-state index in [9.17, 15) is 19.5 Å². The second kappa shape index (κ2) is 9.50.